The van der Waals surface area contributed by atoms with Gasteiger partial charge in [0.15, 0.2) is 5.82 Å². The molecule has 164 valence electrons. The van der Waals surface area contributed by atoms with Crippen LogP contribution in [-0.2, 0) is 4.74 Å². The number of nitrogens with one attached hydrogen (secondary N) is 2. The van der Waals surface area contributed by atoms with Crippen molar-refractivity contribution in [2.24, 2.45) is 5.92 Å². The fraction of sp³-hybridized carbons (Fsp3) is 0.500. The van der Waals surface area contributed by atoms with E-state index in [1.54, 1.807) is 19.2 Å². The van der Waals surface area contributed by atoms with Gasteiger partial charge < -0.3 is 25.2 Å². The van der Waals surface area contributed by atoms with E-state index in [2.05, 4.69) is 25.4 Å². The third-order valence-electron chi connectivity index (χ3n) is 6.38. The number of ether oxygens (including phenoxy) is 1. The van der Waals surface area contributed by atoms with Crippen LogP contribution in [-0.4, -0.2) is 54.5 Å². The Hall–Kier alpha value is -2.94. The molecule has 3 aliphatic rings. The average Bonchev–Trinajstić information content (AvgIpc) is 3.53. The lowest BCUT2D eigenvalue weighted by Crippen LogP contribution is -2.61. The molecule has 1 amide bonds. The van der Waals surface area contributed by atoms with Crippen LogP contribution in [0.1, 0.15) is 36.7 Å². The number of methoxy groups -OCH3 is 1. The van der Waals surface area contributed by atoms with Crippen molar-refractivity contribution in [3.05, 3.63) is 42.0 Å². The smallest absolute Gasteiger partial charge is 0.269 e. The van der Waals surface area contributed by atoms with Gasteiger partial charge in [-0.25, -0.2) is 14.4 Å². The molecule has 0 spiro atoms. The lowest BCUT2D eigenvalue weighted by molar-refractivity contribution is 0.0206. The first-order valence-corrected chi connectivity index (χ1v) is 10.8. The van der Waals surface area contributed by atoms with E-state index in [-0.39, 0.29) is 11.9 Å². The molecule has 9 heteroatoms. The van der Waals surface area contributed by atoms with Crippen LogP contribution in [0.4, 0.5) is 21.7 Å². The minimum Gasteiger partial charge on any atom is -0.366 e. The van der Waals surface area contributed by atoms with Crippen LogP contribution >= 0.6 is 0 Å². The van der Waals surface area contributed by atoms with E-state index in [0.29, 0.717) is 29.8 Å². The fourth-order valence-corrected chi connectivity index (χ4v) is 4.43. The van der Waals surface area contributed by atoms with Crippen LogP contribution < -0.4 is 20.4 Å². The molecule has 0 aromatic carbocycles. The van der Waals surface area contributed by atoms with Gasteiger partial charge in [0.05, 0.1) is 17.9 Å². The first kappa shape index (κ1) is 20.0. The number of halogens is 1. The van der Waals surface area contributed by atoms with Gasteiger partial charge in [0.1, 0.15) is 17.3 Å². The number of rotatable bonds is 7. The molecular weight excluding hydrogens is 399 g/mol. The molecule has 31 heavy (non-hydrogen) atoms. The van der Waals surface area contributed by atoms with E-state index in [1.807, 2.05) is 13.0 Å². The highest BCUT2D eigenvalue weighted by Crippen LogP contribution is 2.43. The van der Waals surface area contributed by atoms with Gasteiger partial charge in [-0.2, -0.15) is 0 Å². The SMILES string of the molecule is COC(C)(Nc1ccc(F)cn1)N1c2nc(C(=O)NCC3CC3)ccc2N2CC[C@H]1C2. The lowest BCUT2D eigenvalue weighted by Gasteiger charge is -2.47. The number of carbonyl (C=O) groups excluding carboxylic acids is 1. The summed E-state index contributed by atoms with van der Waals surface area (Å²) in [6.45, 7) is 4.36. The Bertz CT molecular complexity index is 982. The zero-order valence-electron chi connectivity index (χ0n) is 17.8. The van der Waals surface area contributed by atoms with Gasteiger partial charge in [-0.05, 0) is 49.4 Å². The second-order valence-electron chi connectivity index (χ2n) is 8.62. The van der Waals surface area contributed by atoms with Crippen LogP contribution in [0.5, 0.6) is 0 Å². The van der Waals surface area contributed by atoms with Crippen LogP contribution in [0.15, 0.2) is 30.5 Å². The molecule has 2 aromatic rings. The summed E-state index contributed by atoms with van der Waals surface area (Å²) in [6, 6.07) is 6.84. The first-order valence-electron chi connectivity index (χ1n) is 10.8. The Morgan fingerprint density at radius 1 is 1.29 bits per heavy atom. The number of carbonyl (C=O) groups is 1. The quantitative estimate of drug-likeness (QED) is 0.659. The Morgan fingerprint density at radius 3 is 2.84 bits per heavy atom. The molecule has 2 fully saturated rings. The van der Waals surface area contributed by atoms with Gasteiger partial charge in [-0.1, -0.05) is 0 Å². The minimum absolute atomic E-state index is 0.155. The van der Waals surface area contributed by atoms with Crippen molar-refractivity contribution in [1.29, 1.82) is 0 Å². The molecule has 2 N–H and O–H groups in total. The number of hydrogen-bond donors (Lipinski definition) is 2. The Balaban J connectivity index is 1.48. The first-order chi connectivity index (χ1) is 15.0. The average molecular weight is 426 g/mol. The summed E-state index contributed by atoms with van der Waals surface area (Å²) in [5, 5.41) is 6.28. The maximum absolute atomic E-state index is 13.3. The summed E-state index contributed by atoms with van der Waals surface area (Å²) in [6.07, 6.45) is 4.46. The predicted molar refractivity (Wildman–Crippen MR) is 116 cm³/mol. The number of amides is 1. The maximum atomic E-state index is 13.3. The third kappa shape index (κ3) is 3.78. The van der Waals surface area contributed by atoms with Crippen molar-refractivity contribution in [2.75, 3.05) is 41.9 Å². The largest absolute Gasteiger partial charge is 0.366 e. The molecule has 2 atom stereocenters. The second kappa shape index (κ2) is 7.64. The van der Waals surface area contributed by atoms with Gasteiger partial charge in [0, 0.05) is 33.7 Å². The standard InChI is InChI=1S/C22H27FN6O2/c1-22(31-2,27-19-8-5-15(23)12-24-19)29-16-9-10-28(13-16)18-7-6-17(26-20(18)29)21(30)25-11-14-3-4-14/h5-8,12,14,16H,3-4,9-11,13H2,1-2H3,(H,24,27)(H,25,30)/t16-,22?/m0/s1. The topological polar surface area (TPSA) is 82.6 Å². The summed E-state index contributed by atoms with van der Waals surface area (Å²) in [5.74, 6) is 0.247. The molecule has 1 saturated carbocycles. The number of aromatic nitrogens is 2. The van der Waals surface area contributed by atoms with Crippen molar-refractivity contribution in [1.82, 2.24) is 15.3 Å². The minimum atomic E-state index is -0.989. The Labute approximate surface area is 180 Å². The van der Waals surface area contributed by atoms with Crippen LogP contribution in [0.25, 0.3) is 0 Å². The van der Waals surface area contributed by atoms with Crippen LogP contribution in [0.3, 0.4) is 0 Å². The summed E-state index contributed by atoms with van der Waals surface area (Å²) in [5.41, 5.74) is 1.37. The van der Waals surface area contributed by atoms with E-state index in [4.69, 9.17) is 9.72 Å². The van der Waals surface area contributed by atoms with Crippen molar-refractivity contribution < 1.29 is 13.9 Å². The molecular formula is C22H27FN6O2. The van der Waals surface area contributed by atoms with Gasteiger partial charge >= 0.3 is 0 Å². The molecule has 0 radical (unpaired) electrons. The Morgan fingerprint density at radius 2 is 2.13 bits per heavy atom. The normalized spacial score (nSPS) is 21.5. The number of hydrogen-bond acceptors (Lipinski definition) is 7. The molecule has 2 aliphatic heterocycles. The summed E-state index contributed by atoms with van der Waals surface area (Å²) in [7, 11) is 1.61. The number of anilines is 3. The molecule has 1 unspecified atom stereocenters. The zero-order chi connectivity index (χ0) is 21.6. The van der Waals surface area contributed by atoms with E-state index >= 15 is 0 Å². The summed E-state index contributed by atoms with van der Waals surface area (Å²) < 4.78 is 19.3. The van der Waals surface area contributed by atoms with Crippen LogP contribution in [0.2, 0.25) is 0 Å². The zero-order valence-corrected chi connectivity index (χ0v) is 17.8. The highest BCUT2D eigenvalue weighted by atomic mass is 19.1. The monoisotopic (exact) mass is 426 g/mol. The van der Waals surface area contributed by atoms with Gasteiger partial charge in [-0.15, -0.1) is 0 Å². The second-order valence-corrected chi connectivity index (χ2v) is 8.62. The molecule has 4 heterocycles. The molecule has 5 rings (SSSR count). The lowest BCUT2D eigenvalue weighted by atomic mass is 10.1. The summed E-state index contributed by atoms with van der Waals surface area (Å²) >= 11 is 0. The van der Waals surface area contributed by atoms with E-state index in [9.17, 15) is 9.18 Å². The van der Waals surface area contributed by atoms with Crippen molar-refractivity contribution in [3.63, 3.8) is 0 Å². The highest BCUT2D eigenvalue weighted by Gasteiger charge is 2.46. The summed E-state index contributed by atoms with van der Waals surface area (Å²) in [4.78, 5) is 26.0. The van der Waals surface area contributed by atoms with E-state index in [1.165, 1.54) is 25.1 Å². The Kier molecular flexibility index (Phi) is 4.92. The van der Waals surface area contributed by atoms with Crippen molar-refractivity contribution >= 4 is 23.2 Å². The van der Waals surface area contributed by atoms with Crippen molar-refractivity contribution in [2.45, 2.75) is 38.1 Å². The van der Waals surface area contributed by atoms with Gasteiger partial charge in [0.2, 0.25) is 5.85 Å². The van der Waals surface area contributed by atoms with Crippen molar-refractivity contribution in [3.8, 4) is 0 Å². The van der Waals surface area contributed by atoms with E-state index < -0.39 is 11.7 Å². The predicted octanol–water partition coefficient (Wildman–Crippen LogP) is 2.59. The number of fused-ring (bicyclic) bond motifs is 4. The number of nitrogens with zero attached hydrogens (tertiary/aromatic N) is 4. The molecule has 2 bridgehead atoms. The highest BCUT2D eigenvalue weighted by molar-refractivity contribution is 5.93. The number of pyridine rings is 2. The molecule has 1 aliphatic carbocycles. The van der Waals surface area contributed by atoms with Gasteiger partial charge in [0.25, 0.3) is 5.91 Å². The molecule has 2 aromatic heterocycles. The maximum Gasteiger partial charge on any atom is 0.269 e. The van der Waals surface area contributed by atoms with Gasteiger partial charge in [-0.3, -0.25) is 4.79 Å². The van der Waals surface area contributed by atoms with Crippen LogP contribution in [0, 0.1) is 11.7 Å². The molecule has 1 saturated heterocycles. The third-order valence-corrected chi connectivity index (χ3v) is 6.38. The fourth-order valence-electron chi connectivity index (χ4n) is 4.43. The molecule has 8 nitrogen and oxygen atoms in total. The van der Waals surface area contributed by atoms with E-state index in [0.717, 1.165) is 25.2 Å².